The molecule has 2 aromatic carbocycles. The van der Waals surface area contributed by atoms with Crippen LogP contribution in [0.2, 0.25) is 0 Å². The van der Waals surface area contributed by atoms with Gasteiger partial charge < -0.3 is 14.8 Å². The van der Waals surface area contributed by atoms with E-state index < -0.39 is 0 Å². The Morgan fingerprint density at radius 2 is 1.62 bits per heavy atom. The second-order valence-corrected chi connectivity index (χ2v) is 8.37. The summed E-state index contributed by atoms with van der Waals surface area (Å²) in [4.78, 5) is 17.3. The van der Waals surface area contributed by atoms with Crippen LogP contribution >= 0.6 is 11.8 Å². The molecule has 0 spiro atoms. The number of nitrogens with one attached hydrogen (secondary N) is 1. The fourth-order valence-corrected chi connectivity index (χ4v) is 4.42. The molecule has 0 fully saturated rings. The smallest absolute Gasteiger partial charge is 0.234 e. The Hall–Kier alpha value is -2.73. The molecule has 0 bridgehead atoms. The van der Waals surface area contributed by atoms with Crippen molar-refractivity contribution in [2.75, 3.05) is 24.3 Å². The molecule has 1 amide bonds. The Morgan fingerprint density at radius 1 is 0.966 bits per heavy atom. The van der Waals surface area contributed by atoms with E-state index in [2.05, 4.69) is 30.4 Å². The average molecular weight is 409 g/mol. The van der Waals surface area contributed by atoms with E-state index in [0.717, 1.165) is 49.8 Å². The maximum atomic E-state index is 12.5. The first-order chi connectivity index (χ1) is 13.9. The summed E-state index contributed by atoms with van der Waals surface area (Å²) in [5.74, 6) is 1.75. The highest BCUT2D eigenvalue weighted by atomic mass is 32.2. The number of nitrogens with zero attached hydrogens (tertiary/aromatic N) is 1. The minimum Gasteiger partial charge on any atom is -0.486 e. The van der Waals surface area contributed by atoms with E-state index in [9.17, 15) is 4.79 Å². The van der Waals surface area contributed by atoms with Gasteiger partial charge in [0, 0.05) is 17.1 Å². The van der Waals surface area contributed by atoms with Crippen molar-refractivity contribution in [2.45, 2.75) is 32.7 Å². The summed E-state index contributed by atoms with van der Waals surface area (Å²) in [5, 5.41) is 4.90. The number of hydrogen-bond acceptors (Lipinski definition) is 5. The van der Waals surface area contributed by atoms with E-state index in [-0.39, 0.29) is 5.91 Å². The van der Waals surface area contributed by atoms with Gasteiger partial charge in [0.25, 0.3) is 0 Å². The van der Waals surface area contributed by atoms with Crippen LogP contribution in [-0.2, 0) is 4.79 Å². The molecular formula is C23H24N2O3S. The zero-order valence-electron chi connectivity index (χ0n) is 17.1. The summed E-state index contributed by atoms with van der Waals surface area (Å²) in [6.45, 7) is 9.22. The molecule has 0 unspecified atom stereocenters. The molecule has 0 saturated carbocycles. The second-order valence-electron chi connectivity index (χ2n) is 7.41. The Morgan fingerprint density at radius 3 is 2.31 bits per heavy atom. The van der Waals surface area contributed by atoms with Crippen molar-refractivity contribution in [2.24, 2.45) is 0 Å². The number of rotatable bonds is 4. The number of amides is 1. The molecule has 0 radical (unpaired) electrons. The topological polar surface area (TPSA) is 60.5 Å². The van der Waals surface area contributed by atoms with Gasteiger partial charge in [-0.1, -0.05) is 29.5 Å². The first-order valence-corrected chi connectivity index (χ1v) is 10.6. The van der Waals surface area contributed by atoms with Crippen molar-refractivity contribution >= 4 is 34.3 Å². The highest BCUT2D eigenvalue weighted by molar-refractivity contribution is 8.00. The third kappa shape index (κ3) is 4.17. The van der Waals surface area contributed by atoms with E-state index in [4.69, 9.17) is 14.5 Å². The van der Waals surface area contributed by atoms with Gasteiger partial charge in [-0.2, -0.15) is 0 Å². The number of benzene rings is 2. The first-order valence-electron chi connectivity index (χ1n) is 9.62. The molecule has 29 heavy (non-hydrogen) atoms. The molecule has 150 valence electrons. The van der Waals surface area contributed by atoms with Gasteiger partial charge >= 0.3 is 0 Å². The fraction of sp³-hybridized carbons (Fsp3) is 0.304. The van der Waals surface area contributed by atoms with Gasteiger partial charge in [0.15, 0.2) is 11.5 Å². The summed E-state index contributed by atoms with van der Waals surface area (Å²) in [6, 6.07) is 10.1. The lowest BCUT2D eigenvalue weighted by Crippen LogP contribution is -2.16. The van der Waals surface area contributed by atoms with E-state index in [1.165, 1.54) is 17.3 Å². The lowest BCUT2D eigenvalue weighted by Gasteiger charge is -2.19. The normalized spacial score (nSPS) is 12.8. The van der Waals surface area contributed by atoms with Crippen LogP contribution in [0, 0.1) is 27.7 Å². The molecule has 0 saturated heterocycles. The number of anilines is 1. The van der Waals surface area contributed by atoms with Crippen LogP contribution in [0.5, 0.6) is 11.5 Å². The van der Waals surface area contributed by atoms with Crippen molar-refractivity contribution in [3.63, 3.8) is 0 Å². The number of aryl methyl sites for hydroxylation is 4. The fourth-order valence-electron chi connectivity index (χ4n) is 3.63. The van der Waals surface area contributed by atoms with Crippen LogP contribution in [0.25, 0.3) is 10.9 Å². The molecular weight excluding hydrogens is 384 g/mol. The third-order valence-electron chi connectivity index (χ3n) is 4.90. The van der Waals surface area contributed by atoms with Crippen LogP contribution in [0.3, 0.4) is 0 Å². The molecule has 1 aliphatic rings. The van der Waals surface area contributed by atoms with Crippen molar-refractivity contribution < 1.29 is 14.3 Å². The molecule has 0 atom stereocenters. The van der Waals surface area contributed by atoms with E-state index in [1.807, 2.05) is 32.9 Å². The van der Waals surface area contributed by atoms with Gasteiger partial charge in [0.05, 0.1) is 11.3 Å². The third-order valence-corrected chi connectivity index (χ3v) is 6.00. The summed E-state index contributed by atoms with van der Waals surface area (Å²) in [5.41, 5.74) is 6.12. The quantitative estimate of drug-likeness (QED) is 0.618. The van der Waals surface area contributed by atoms with Crippen LogP contribution in [0.1, 0.15) is 22.3 Å². The van der Waals surface area contributed by atoms with Crippen molar-refractivity contribution in [1.29, 1.82) is 0 Å². The van der Waals surface area contributed by atoms with Gasteiger partial charge in [-0.15, -0.1) is 0 Å². The molecule has 0 aliphatic carbocycles. The molecule has 3 aromatic rings. The Balaban J connectivity index is 1.50. The molecule has 1 N–H and O–H groups in total. The van der Waals surface area contributed by atoms with Gasteiger partial charge in [-0.05, 0) is 56.5 Å². The Kier molecular flexibility index (Phi) is 5.37. The van der Waals surface area contributed by atoms with Crippen LogP contribution in [0.4, 0.5) is 5.69 Å². The Bertz CT molecular complexity index is 1090. The van der Waals surface area contributed by atoms with Gasteiger partial charge in [0.1, 0.15) is 18.2 Å². The number of aromatic nitrogens is 1. The monoisotopic (exact) mass is 408 g/mol. The minimum atomic E-state index is -0.0338. The van der Waals surface area contributed by atoms with Gasteiger partial charge in [-0.25, -0.2) is 4.98 Å². The lowest BCUT2D eigenvalue weighted by molar-refractivity contribution is -0.113. The van der Waals surface area contributed by atoms with Crippen LogP contribution < -0.4 is 14.8 Å². The van der Waals surface area contributed by atoms with Crippen molar-refractivity contribution in [3.8, 4) is 11.5 Å². The summed E-state index contributed by atoms with van der Waals surface area (Å²) in [6.07, 6.45) is 0. The predicted octanol–water partition coefficient (Wildman–Crippen LogP) is 4.97. The number of pyridine rings is 1. The van der Waals surface area contributed by atoms with Crippen LogP contribution in [-0.4, -0.2) is 29.9 Å². The SMILES string of the molecule is Cc1cc(C)c(NC(=O)CSc2nc3cc4c(cc3cc2C)OCCO4)c(C)c1. The number of carbonyl (C=O) groups excluding carboxylic acids is 1. The maximum absolute atomic E-state index is 12.5. The summed E-state index contributed by atoms with van der Waals surface area (Å²) < 4.78 is 11.3. The number of ether oxygens (including phenoxy) is 2. The van der Waals surface area contributed by atoms with E-state index >= 15 is 0 Å². The highest BCUT2D eigenvalue weighted by Crippen LogP contribution is 2.35. The Labute approximate surface area is 174 Å². The highest BCUT2D eigenvalue weighted by Gasteiger charge is 2.15. The molecule has 6 heteroatoms. The summed E-state index contributed by atoms with van der Waals surface area (Å²) >= 11 is 1.45. The maximum Gasteiger partial charge on any atom is 0.234 e. The second kappa shape index (κ2) is 7.95. The number of thioether (sulfide) groups is 1. The van der Waals surface area contributed by atoms with E-state index in [0.29, 0.717) is 19.0 Å². The molecule has 1 aliphatic heterocycles. The molecule has 4 rings (SSSR count). The number of carbonyl (C=O) groups is 1. The molecule has 2 heterocycles. The zero-order chi connectivity index (χ0) is 20.5. The molecule has 1 aromatic heterocycles. The van der Waals surface area contributed by atoms with Gasteiger partial charge in [0.2, 0.25) is 5.91 Å². The molecule has 5 nitrogen and oxygen atoms in total. The number of hydrogen-bond donors (Lipinski definition) is 1. The zero-order valence-corrected chi connectivity index (χ0v) is 17.9. The van der Waals surface area contributed by atoms with Crippen molar-refractivity contribution in [1.82, 2.24) is 4.98 Å². The lowest BCUT2D eigenvalue weighted by atomic mass is 10.1. The van der Waals surface area contributed by atoms with Crippen LogP contribution in [0.15, 0.2) is 35.4 Å². The summed E-state index contributed by atoms with van der Waals surface area (Å²) in [7, 11) is 0. The van der Waals surface area contributed by atoms with Crippen molar-refractivity contribution in [3.05, 3.63) is 52.6 Å². The van der Waals surface area contributed by atoms with Gasteiger partial charge in [-0.3, -0.25) is 4.79 Å². The first kappa shape index (κ1) is 19.6. The standard InChI is InChI=1S/C23H24N2O3S/c1-13-7-14(2)22(15(3)8-13)25-21(26)12-29-23-16(4)9-17-10-19-20(11-18(17)24-23)28-6-5-27-19/h7-11H,5-6,12H2,1-4H3,(H,25,26). The average Bonchev–Trinajstić information content (AvgIpc) is 2.67. The minimum absolute atomic E-state index is 0.0338. The van der Waals surface area contributed by atoms with E-state index in [1.54, 1.807) is 0 Å². The number of fused-ring (bicyclic) bond motifs is 2. The largest absolute Gasteiger partial charge is 0.486 e. The predicted molar refractivity (Wildman–Crippen MR) is 117 cm³/mol.